The minimum absolute atomic E-state index is 0.275. The highest BCUT2D eigenvalue weighted by molar-refractivity contribution is 5.95. The number of esters is 1. The van der Waals surface area contributed by atoms with Crippen molar-refractivity contribution in [3.05, 3.63) is 65.0 Å². The van der Waals surface area contributed by atoms with Crippen molar-refractivity contribution in [1.82, 2.24) is 5.32 Å². The lowest BCUT2D eigenvalue weighted by Crippen LogP contribution is -2.35. The van der Waals surface area contributed by atoms with E-state index in [-0.39, 0.29) is 5.56 Å². The summed E-state index contributed by atoms with van der Waals surface area (Å²) in [7, 11) is 0. The molecular formula is C19H17F3N2O4. The first-order valence-corrected chi connectivity index (χ1v) is 8.28. The molecule has 0 saturated carbocycles. The topological polar surface area (TPSA) is 84.5 Å². The standard InChI is InChI=1S/C19H17F3N2O4/c1-2-11-3-5-12(6-4-11)19(27)28-10-16(26)23-9-15(25)24-14-8-7-13(20)17(21)18(14)22/h3-8H,2,9-10H2,1H3,(H,23,26)(H,24,25). The number of hydrogen-bond acceptors (Lipinski definition) is 4. The van der Waals surface area contributed by atoms with Crippen LogP contribution in [0.1, 0.15) is 22.8 Å². The fourth-order valence-electron chi connectivity index (χ4n) is 2.14. The lowest BCUT2D eigenvalue weighted by Gasteiger charge is -2.09. The van der Waals surface area contributed by atoms with Gasteiger partial charge in [0.2, 0.25) is 5.91 Å². The van der Waals surface area contributed by atoms with Crippen molar-refractivity contribution in [2.24, 2.45) is 0 Å². The highest BCUT2D eigenvalue weighted by Crippen LogP contribution is 2.19. The number of carbonyl (C=O) groups is 3. The van der Waals surface area contributed by atoms with Crippen LogP contribution in [0.15, 0.2) is 36.4 Å². The minimum Gasteiger partial charge on any atom is -0.452 e. The number of anilines is 1. The average molecular weight is 394 g/mol. The molecule has 0 aliphatic rings. The maximum Gasteiger partial charge on any atom is 0.338 e. The molecule has 0 fully saturated rings. The maximum absolute atomic E-state index is 13.5. The number of rotatable bonds is 7. The Hall–Kier alpha value is -3.36. The van der Waals surface area contributed by atoms with E-state index >= 15 is 0 Å². The summed E-state index contributed by atoms with van der Waals surface area (Å²) in [4.78, 5) is 35.2. The van der Waals surface area contributed by atoms with Crippen LogP contribution in [0.2, 0.25) is 0 Å². The quantitative estimate of drug-likeness (QED) is 0.559. The first-order valence-electron chi connectivity index (χ1n) is 8.28. The summed E-state index contributed by atoms with van der Waals surface area (Å²) in [5, 5.41) is 4.15. The number of nitrogens with one attached hydrogen (secondary N) is 2. The Bertz CT molecular complexity index is 885. The van der Waals surface area contributed by atoms with E-state index in [1.54, 1.807) is 24.3 Å². The van der Waals surface area contributed by atoms with Crippen LogP contribution in [0, 0.1) is 17.5 Å². The molecule has 2 N–H and O–H groups in total. The van der Waals surface area contributed by atoms with Gasteiger partial charge in [-0.2, -0.15) is 0 Å². The van der Waals surface area contributed by atoms with E-state index in [1.807, 2.05) is 12.2 Å². The fraction of sp³-hybridized carbons (Fsp3) is 0.211. The molecule has 0 bridgehead atoms. The number of amides is 2. The van der Waals surface area contributed by atoms with Gasteiger partial charge in [-0.1, -0.05) is 19.1 Å². The van der Waals surface area contributed by atoms with Gasteiger partial charge in [0.05, 0.1) is 17.8 Å². The van der Waals surface area contributed by atoms with E-state index in [4.69, 9.17) is 4.74 Å². The summed E-state index contributed by atoms with van der Waals surface area (Å²) in [5.74, 6) is -7.01. The Morgan fingerprint density at radius 3 is 2.25 bits per heavy atom. The van der Waals surface area contributed by atoms with Gasteiger partial charge in [-0.3, -0.25) is 9.59 Å². The van der Waals surface area contributed by atoms with Crippen LogP contribution < -0.4 is 10.6 Å². The fourth-order valence-corrected chi connectivity index (χ4v) is 2.14. The van der Waals surface area contributed by atoms with Gasteiger partial charge in [-0.05, 0) is 36.2 Å². The molecular weight excluding hydrogens is 377 g/mol. The van der Waals surface area contributed by atoms with Crippen molar-refractivity contribution in [3.8, 4) is 0 Å². The van der Waals surface area contributed by atoms with Crippen LogP contribution in [-0.2, 0) is 20.7 Å². The monoisotopic (exact) mass is 394 g/mol. The van der Waals surface area contributed by atoms with Gasteiger partial charge in [-0.15, -0.1) is 0 Å². The molecule has 28 heavy (non-hydrogen) atoms. The Kier molecular flexibility index (Phi) is 7.14. The zero-order valence-corrected chi connectivity index (χ0v) is 14.9. The van der Waals surface area contributed by atoms with Crippen molar-refractivity contribution < 1.29 is 32.3 Å². The highest BCUT2D eigenvalue weighted by Gasteiger charge is 2.16. The van der Waals surface area contributed by atoms with E-state index in [0.717, 1.165) is 18.1 Å². The molecule has 2 aromatic carbocycles. The van der Waals surface area contributed by atoms with Crippen molar-refractivity contribution in [2.45, 2.75) is 13.3 Å². The molecule has 9 heteroatoms. The third-order valence-corrected chi connectivity index (χ3v) is 3.69. The second-order valence-corrected chi connectivity index (χ2v) is 5.67. The molecule has 2 aromatic rings. The summed E-state index contributed by atoms with van der Waals surface area (Å²) in [6.45, 7) is 0.760. The van der Waals surface area contributed by atoms with Gasteiger partial charge in [0.15, 0.2) is 24.1 Å². The minimum atomic E-state index is -1.72. The highest BCUT2D eigenvalue weighted by atomic mass is 19.2. The molecule has 0 unspecified atom stereocenters. The SMILES string of the molecule is CCc1ccc(C(=O)OCC(=O)NCC(=O)Nc2ccc(F)c(F)c2F)cc1. The Morgan fingerprint density at radius 1 is 0.929 bits per heavy atom. The van der Waals surface area contributed by atoms with Gasteiger partial charge >= 0.3 is 5.97 Å². The molecule has 2 rings (SSSR count). The van der Waals surface area contributed by atoms with Crippen LogP contribution in [0.3, 0.4) is 0 Å². The zero-order chi connectivity index (χ0) is 20.7. The zero-order valence-electron chi connectivity index (χ0n) is 14.9. The molecule has 0 spiro atoms. The summed E-state index contributed by atoms with van der Waals surface area (Å²) in [5.41, 5.74) is 0.745. The smallest absolute Gasteiger partial charge is 0.338 e. The summed E-state index contributed by atoms with van der Waals surface area (Å²) < 4.78 is 44.2. The molecule has 2 amide bonds. The van der Waals surface area contributed by atoms with Crippen molar-refractivity contribution in [3.63, 3.8) is 0 Å². The predicted molar refractivity (Wildman–Crippen MR) is 94.1 cm³/mol. The van der Waals surface area contributed by atoms with Gasteiger partial charge in [0.1, 0.15) is 0 Å². The van der Waals surface area contributed by atoms with E-state index in [0.29, 0.717) is 6.07 Å². The van der Waals surface area contributed by atoms with Crippen LogP contribution >= 0.6 is 0 Å². The summed E-state index contributed by atoms with van der Waals surface area (Å²) in [6, 6.07) is 8.17. The average Bonchev–Trinajstić information content (AvgIpc) is 2.71. The van der Waals surface area contributed by atoms with Gasteiger partial charge in [-0.25, -0.2) is 18.0 Å². The number of hydrogen-bond donors (Lipinski definition) is 2. The van der Waals surface area contributed by atoms with Crippen LogP contribution in [0.4, 0.5) is 18.9 Å². The number of ether oxygens (including phenoxy) is 1. The third kappa shape index (κ3) is 5.57. The maximum atomic E-state index is 13.5. The first kappa shape index (κ1) is 20.9. The van der Waals surface area contributed by atoms with Gasteiger partial charge < -0.3 is 15.4 Å². The molecule has 0 aliphatic heterocycles. The number of aryl methyl sites for hydroxylation is 1. The normalized spacial score (nSPS) is 10.3. The molecule has 0 aromatic heterocycles. The molecule has 0 saturated heterocycles. The van der Waals surface area contributed by atoms with Gasteiger partial charge in [0, 0.05) is 0 Å². The Balaban J connectivity index is 1.78. The van der Waals surface area contributed by atoms with Crippen LogP contribution in [0.25, 0.3) is 0 Å². The van der Waals surface area contributed by atoms with Gasteiger partial charge in [0.25, 0.3) is 5.91 Å². The lowest BCUT2D eigenvalue weighted by molar-refractivity contribution is -0.126. The van der Waals surface area contributed by atoms with E-state index in [1.165, 1.54) is 0 Å². The molecule has 0 aliphatic carbocycles. The van der Waals surface area contributed by atoms with Crippen molar-refractivity contribution in [1.29, 1.82) is 0 Å². The lowest BCUT2D eigenvalue weighted by atomic mass is 10.1. The number of halogens is 3. The summed E-state index contributed by atoms with van der Waals surface area (Å²) >= 11 is 0. The molecule has 0 atom stereocenters. The molecule has 148 valence electrons. The summed E-state index contributed by atoms with van der Waals surface area (Å²) in [6.07, 6.45) is 0.814. The Labute approximate surface area is 158 Å². The molecule has 0 radical (unpaired) electrons. The predicted octanol–water partition coefficient (Wildman–Crippen LogP) is 2.58. The second-order valence-electron chi connectivity index (χ2n) is 5.67. The van der Waals surface area contributed by atoms with Crippen molar-refractivity contribution >= 4 is 23.5 Å². The second kappa shape index (κ2) is 9.54. The largest absolute Gasteiger partial charge is 0.452 e. The van der Waals surface area contributed by atoms with E-state index in [2.05, 4.69) is 5.32 Å². The van der Waals surface area contributed by atoms with E-state index < -0.39 is 54.1 Å². The molecule has 0 heterocycles. The number of carbonyl (C=O) groups excluding carboxylic acids is 3. The molecule has 6 nitrogen and oxygen atoms in total. The third-order valence-electron chi connectivity index (χ3n) is 3.69. The van der Waals surface area contributed by atoms with Crippen LogP contribution in [0.5, 0.6) is 0 Å². The van der Waals surface area contributed by atoms with E-state index in [9.17, 15) is 27.6 Å². The first-order chi connectivity index (χ1) is 13.3. The van der Waals surface area contributed by atoms with Crippen LogP contribution in [-0.4, -0.2) is 30.9 Å². The van der Waals surface area contributed by atoms with Crippen molar-refractivity contribution in [2.75, 3.05) is 18.5 Å². The number of benzene rings is 2. The Morgan fingerprint density at radius 2 is 1.61 bits per heavy atom.